The molecule has 1 aromatic rings. The molecular weight excluding hydrogens is 204 g/mol. The molecule has 0 spiro atoms. The van der Waals surface area contributed by atoms with Gasteiger partial charge in [0.15, 0.2) is 11.9 Å². The number of benzene rings is 1. The van der Waals surface area contributed by atoms with E-state index in [1.54, 1.807) is 0 Å². The van der Waals surface area contributed by atoms with Crippen molar-refractivity contribution in [3.63, 3.8) is 0 Å². The quantitative estimate of drug-likeness (QED) is 0.677. The first-order chi connectivity index (χ1) is 7.49. The highest BCUT2D eigenvalue weighted by Crippen LogP contribution is 2.25. The summed E-state index contributed by atoms with van der Waals surface area (Å²) in [5.41, 5.74) is 3.64. The van der Waals surface area contributed by atoms with E-state index in [1.165, 1.54) is 6.92 Å². The molecule has 2 rings (SSSR count). The second-order valence-corrected chi connectivity index (χ2v) is 4.32. The highest BCUT2D eigenvalue weighted by atomic mass is 16.5. The Balaban J connectivity index is 2.50. The van der Waals surface area contributed by atoms with Gasteiger partial charge < -0.3 is 4.74 Å². The minimum Gasteiger partial charge on any atom is -0.450 e. The third kappa shape index (κ3) is 1.73. The molecule has 16 heavy (non-hydrogen) atoms. The zero-order valence-corrected chi connectivity index (χ0v) is 9.66. The van der Waals surface area contributed by atoms with Crippen LogP contribution in [-0.2, 0) is 16.0 Å². The van der Waals surface area contributed by atoms with Crippen LogP contribution in [0, 0.1) is 13.8 Å². The van der Waals surface area contributed by atoms with Crippen LogP contribution < -0.4 is 0 Å². The first-order valence-corrected chi connectivity index (χ1v) is 5.30. The fourth-order valence-corrected chi connectivity index (χ4v) is 2.10. The van der Waals surface area contributed by atoms with Crippen molar-refractivity contribution < 1.29 is 14.3 Å². The van der Waals surface area contributed by atoms with Gasteiger partial charge in [0.2, 0.25) is 0 Å². The Morgan fingerprint density at radius 2 is 2.06 bits per heavy atom. The van der Waals surface area contributed by atoms with Gasteiger partial charge in [0, 0.05) is 6.42 Å². The van der Waals surface area contributed by atoms with E-state index in [9.17, 15) is 9.59 Å². The van der Waals surface area contributed by atoms with Crippen molar-refractivity contribution in [2.24, 2.45) is 0 Å². The van der Waals surface area contributed by atoms with Gasteiger partial charge in [0.05, 0.1) is 5.56 Å². The standard InChI is InChI=1S/C13H14O3/c1-7-4-8(2)10-6-12(9(3)14)16-13(15)11(10)5-7/h4-5,12H,6H2,1-3H3. The van der Waals surface area contributed by atoms with Gasteiger partial charge in [-0.2, -0.15) is 0 Å². The molecule has 84 valence electrons. The maximum atomic E-state index is 11.7. The highest BCUT2D eigenvalue weighted by Gasteiger charge is 2.30. The van der Waals surface area contributed by atoms with Gasteiger partial charge in [-0.3, -0.25) is 4.79 Å². The van der Waals surface area contributed by atoms with E-state index in [4.69, 9.17) is 4.74 Å². The molecule has 1 unspecified atom stereocenters. The summed E-state index contributed by atoms with van der Waals surface area (Å²) in [6.07, 6.45) is -0.107. The Labute approximate surface area is 94.4 Å². The number of ketones is 1. The molecule has 1 aromatic carbocycles. The number of fused-ring (bicyclic) bond motifs is 1. The third-order valence-electron chi connectivity index (χ3n) is 2.93. The Morgan fingerprint density at radius 3 is 2.69 bits per heavy atom. The van der Waals surface area contributed by atoms with E-state index in [0.29, 0.717) is 12.0 Å². The molecule has 0 saturated heterocycles. The molecule has 0 saturated carbocycles. The van der Waals surface area contributed by atoms with Crippen LogP contribution in [0.4, 0.5) is 0 Å². The number of hydrogen-bond acceptors (Lipinski definition) is 3. The topological polar surface area (TPSA) is 43.4 Å². The van der Waals surface area contributed by atoms with E-state index >= 15 is 0 Å². The number of rotatable bonds is 1. The largest absolute Gasteiger partial charge is 0.450 e. The molecule has 0 N–H and O–H groups in total. The van der Waals surface area contributed by atoms with Crippen LogP contribution in [0.15, 0.2) is 12.1 Å². The maximum Gasteiger partial charge on any atom is 0.339 e. The van der Waals surface area contributed by atoms with E-state index in [1.807, 2.05) is 26.0 Å². The monoisotopic (exact) mass is 218 g/mol. The fraction of sp³-hybridized carbons (Fsp3) is 0.385. The van der Waals surface area contributed by atoms with Gasteiger partial charge in [-0.1, -0.05) is 6.07 Å². The Bertz CT molecular complexity index is 474. The molecule has 1 aliphatic heterocycles. The molecule has 0 aliphatic carbocycles. The summed E-state index contributed by atoms with van der Waals surface area (Å²) in [5, 5.41) is 0. The van der Waals surface area contributed by atoms with Crippen molar-refractivity contribution in [3.05, 3.63) is 34.4 Å². The van der Waals surface area contributed by atoms with Crippen LogP contribution in [0.1, 0.15) is 34.0 Å². The zero-order chi connectivity index (χ0) is 11.9. The second-order valence-electron chi connectivity index (χ2n) is 4.32. The third-order valence-corrected chi connectivity index (χ3v) is 2.93. The van der Waals surface area contributed by atoms with Crippen molar-refractivity contribution in [3.8, 4) is 0 Å². The summed E-state index contributed by atoms with van der Waals surface area (Å²) < 4.78 is 5.10. The van der Waals surface area contributed by atoms with Crippen molar-refractivity contribution in [2.75, 3.05) is 0 Å². The van der Waals surface area contributed by atoms with Gasteiger partial charge in [-0.25, -0.2) is 4.79 Å². The van der Waals surface area contributed by atoms with Crippen LogP contribution in [0.3, 0.4) is 0 Å². The fourth-order valence-electron chi connectivity index (χ4n) is 2.10. The number of aryl methyl sites for hydroxylation is 2. The van der Waals surface area contributed by atoms with E-state index in [2.05, 4.69) is 0 Å². The van der Waals surface area contributed by atoms with Gasteiger partial charge in [-0.05, 0) is 43.5 Å². The molecule has 3 nitrogen and oxygen atoms in total. The Hall–Kier alpha value is -1.64. The van der Waals surface area contributed by atoms with E-state index < -0.39 is 6.10 Å². The summed E-state index contributed by atoms with van der Waals surface area (Å²) >= 11 is 0. The predicted octanol–water partition coefficient (Wildman–Crippen LogP) is 1.97. The SMILES string of the molecule is CC(=O)C1Cc2c(C)cc(C)cc2C(=O)O1. The van der Waals surface area contributed by atoms with Crippen molar-refractivity contribution in [2.45, 2.75) is 33.3 Å². The first kappa shape index (κ1) is 10.9. The Morgan fingerprint density at radius 1 is 1.38 bits per heavy atom. The first-order valence-electron chi connectivity index (χ1n) is 5.30. The lowest BCUT2D eigenvalue weighted by Gasteiger charge is -2.24. The lowest BCUT2D eigenvalue weighted by atomic mass is 9.91. The smallest absolute Gasteiger partial charge is 0.339 e. The summed E-state index contributed by atoms with van der Waals surface area (Å²) in [7, 11) is 0. The number of hydrogen-bond donors (Lipinski definition) is 0. The van der Waals surface area contributed by atoms with Gasteiger partial charge in [0.25, 0.3) is 0 Å². The second kappa shape index (κ2) is 3.74. The Kier molecular flexibility index (Phi) is 2.54. The van der Waals surface area contributed by atoms with Crippen LogP contribution in [-0.4, -0.2) is 17.9 Å². The molecule has 0 aromatic heterocycles. The van der Waals surface area contributed by atoms with E-state index in [0.717, 1.165) is 16.7 Å². The average molecular weight is 218 g/mol. The van der Waals surface area contributed by atoms with Crippen LogP contribution in [0.25, 0.3) is 0 Å². The average Bonchev–Trinajstić information content (AvgIpc) is 2.19. The maximum absolute atomic E-state index is 11.7. The number of Topliss-reactive ketones (excluding diaryl/α,β-unsaturated/α-hetero) is 1. The predicted molar refractivity (Wildman–Crippen MR) is 59.5 cm³/mol. The number of carbonyl (C=O) groups is 2. The minimum atomic E-state index is -0.610. The van der Waals surface area contributed by atoms with Crippen LogP contribution in [0.5, 0.6) is 0 Å². The highest BCUT2D eigenvalue weighted by molar-refractivity contribution is 5.96. The number of carbonyl (C=O) groups excluding carboxylic acids is 2. The minimum absolute atomic E-state index is 0.0982. The summed E-state index contributed by atoms with van der Waals surface area (Å²) in [6, 6.07) is 3.84. The molecular formula is C13H14O3. The van der Waals surface area contributed by atoms with E-state index in [-0.39, 0.29) is 11.8 Å². The number of esters is 1. The summed E-state index contributed by atoms with van der Waals surface area (Å²) in [4.78, 5) is 23.0. The number of cyclic esters (lactones) is 1. The van der Waals surface area contributed by atoms with Crippen molar-refractivity contribution >= 4 is 11.8 Å². The normalized spacial score (nSPS) is 18.9. The molecule has 0 amide bonds. The van der Waals surface area contributed by atoms with Crippen molar-refractivity contribution in [1.82, 2.24) is 0 Å². The lowest BCUT2D eigenvalue weighted by molar-refractivity contribution is -0.125. The molecule has 1 atom stereocenters. The zero-order valence-electron chi connectivity index (χ0n) is 9.66. The van der Waals surface area contributed by atoms with Crippen LogP contribution in [0.2, 0.25) is 0 Å². The molecule has 1 heterocycles. The van der Waals surface area contributed by atoms with Gasteiger partial charge >= 0.3 is 5.97 Å². The molecule has 3 heteroatoms. The molecule has 1 aliphatic rings. The lowest BCUT2D eigenvalue weighted by Crippen LogP contribution is -2.33. The summed E-state index contributed by atoms with van der Waals surface area (Å²) in [5.74, 6) is -0.479. The molecule has 0 fully saturated rings. The number of ether oxygens (including phenoxy) is 1. The van der Waals surface area contributed by atoms with Crippen LogP contribution >= 0.6 is 0 Å². The van der Waals surface area contributed by atoms with Crippen molar-refractivity contribution in [1.29, 1.82) is 0 Å². The summed E-state index contributed by atoms with van der Waals surface area (Å²) in [6.45, 7) is 5.35. The molecule has 0 bridgehead atoms. The molecule has 0 radical (unpaired) electrons. The van der Waals surface area contributed by atoms with Gasteiger partial charge in [0.1, 0.15) is 0 Å². The van der Waals surface area contributed by atoms with Gasteiger partial charge in [-0.15, -0.1) is 0 Å².